The van der Waals surface area contributed by atoms with Gasteiger partial charge in [0.05, 0.1) is 12.8 Å². The zero-order valence-corrected chi connectivity index (χ0v) is 13.9. The first-order valence-electron chi connectivity index (χ1n) is 7.05. The van der Waals surface area contributed by atoms with Crippen molar-refractivity contribution in [2.24, 2.45) is 0 Å². The van der Waals surface area contributed by atoms with Crippen LogP contribution >= 0.6 is 0 Å². The minimum atomic E-state index is -3.51. The molecule has 0 saturated heterocycles. The number of aryl methyl sites for hydroxylation is 1. The topological polar surface area (TPSA) is 79.4 Å². The molecular formula is C16H19N3O3S. The van der Waals surface area contributed by atoms with Gasteiger partial charge >= 0.3 is 0 Å². The molecular weight excluding hydrogens is 314 g/mol. The summed E-state index contributed by atoms with van der Waals surface area (Å²) in [6, 6.07) is 10.8. The molecule has 0 atom stereocenters. The zero-order valence-electron chi connectivity index (χ0n) is 13.1. The molecule has 1 aromatic heterocycles. The molecule has 0 fully saturated rings. The molecule has 6 nitrogen and oxygen atoms in total. The lowest BCUT2D eigenvalue weighted by atomic mass is 10.2. The summed E-state index contributed by atoms with van der Waals surface area (Å²) >= 11 is 0. The van der Waals surface area contributed by atoms with Crippen molar-refractivity contribution in [1.82, 2.24) is 9.29 Å². The van der Waals surface area contributed by atoms with E-state index in [0.717, 1.165) is 21.7 Å². The Hall–Kier alpha value is -2.25. The smallest absolute Gasteiger partial charge is 0.239 e. The lowest BCUT2D eigenvalue weighted by Crippen LogP contribution is -2.36. The van der Waals surface area contributed by atoms with E-state index >= 15 is 0 Å². The molecule has 0 bridgehead atoms. The molecule has 2 rings (SSSR count). The van der Waals surface area contributed by atoms with Crippen LogP contribution in [0.15, 0.2) is 48.8 Å². The predicted molar refractivity (Wildman–Crippen MR) is 89.3 cm³/mol. The molecule has 0 spiro atoms. The van der Waals surface area contributed by atoms with Gasteiger partial charge in [-0.1, -0.05) is 23.8 Å². The Labute approximate surface area is 136 Å². The molecule has 23 heavy (non-hydrogen) atoms. The standard InChI is InChI=1S/C16H19N3O3S/c1-13-5-7-15(8-6-13)18-16(20)12-19(23(2,21)22)11-14-4-3-9-17-10-14/h3-10H,11-12H2,1-2H3,(H,18,20). The average Bonchev–Trinajstić information content (AvgIpc) is 2.49. The van der Waals surface area contributed by atoms with Crippen LogP contribution in [0.4, 0.5) is 5.69 Å². The first-order chi connectivity index (χ1) is 10.8. The van der Waals surface area contributed by atoms with Crippen LogP contribution in [0.2, 0.25) is 0 Å². The van der Waals surface area contributed by atoms with Gasteiger partial charge in [0.2, 0.25) is 15.9 Å². The van der Waals surface area contributed by atoms with Gasteiger partial charge in [-0.15, -0.1) is 0 Å². The summed E-state index contributed by atoms with van der Waals surface area (Å²) in [7, 11) is -3.51. The number of anilines is 1. The summed E-state index contributed by atoms with van der Waals surface area (Å²) in [6.07, 6.45) is 4.27. The Morgan fingerprint density at radius 2 is 1.91 bits per heavy atom. The molecule has 0 aliphatic heterocycles. The SMILES string of the molecule is Cc1ccc(NC(=O)CN(Cc2cccnc2)S(C)(=O)=O)cc1. The van der Waals surface area contributed by atoms with Crippen LogP contribution in [-0.2, 0) is 21.4 Å². The fraction of sp³-hybridized carbons (Fsp3) is 0.250. The van der Waals surface area contributed by atoms with Gasteiger partial charge < -0.3 is 5.32 Å². The van der Waals surface area contributed by atoms with E-state index in [2.05, 4.69) is 10.3 Å². The van der Waals surface area contributed by atoms with Crippen molar-refractivity contribution in [2.45, 2.75) is 13.5 Å². The van der Waals surface area contributed by atoms with Crippen LogP contribution in [-0.4, -0.2) is 36.4 Å². The molecule has 1 aromatic carbocycles. The molecule has 1 N–H and O–H groups in total. The number of aromatic nitrogens is 1. The molecule has 1 heterocycles. The number of benzene rings is 1. The monoisotopic (exact) mass is 333 g/mol. The van der Waals surface area contributed by atoms with E-state index in [0.29, 0.717) is 5.69 Å². The van der Waals surface area contributed by atoms with Crippen LogP contribution in [0.1, 0.15) is 11.1 Å². The third-order valence-corrected chi connectivity index (χ3v) is 4.40. The summed E-state index contributed by atoms with van der Waals surface area (Å²) in [5, 5.41) is 2.70. The van der Waals surface area contributed by atoms with Crippen LogP contribution < -0.4 is 5.32 Å². The fourth-order valence-corrected chi connectivity index (χ4v) is 2.72. The zero-order chi connectivity index (χ0) is 16.9. The van der Waals surface area contributed by atoms with E-state index < -0.39 is 10.0 Å². The summed E-state index contributed by atoms with van der Waals surface area (Å²) in [6.45, 7) is 1.81. The summed E-state index contributed by atoms with van der Waals surface area (Å²) in [4.78, 5) is 16.1. The highest BCUT2D eigenvalue weighted by atomic mass is 32.2. The number of hydrogen-bond acceptors (Lipinski definition) is 4. The third-order valence-electron chi connectivity index (χ3n) is 3.21. The van der Waals surface area contributed by atoms with Crippen molar-refractivity contribution >= 4 is 21.6 Å². The maximum absolute atomic E-state index is 12.1. The maximum Gasteiger partial charge on any atom is 0.239 e. The highest BCUT2D eigenvalue weighted by molar-refractivity contribution is 7.88. The minimum Gasteiger partial charge on any atom is -0.325 e. The van der Waals surface area contributed by atoms with Crippen molar-refractivity contribution in [3.8, 4) is 0 Å². The first kappa shape index (κ1) is 17.1. The minimum absolute atomic E-state index is 0.105. The average molecular weight is 333 g/mol. The van der Waals surface area contributed by atoms with Gasteiger partial charge in [-0.25, -0.2) is 8.42 Å². The first-order valence-corrected chi connectivity index (χ1v) is 8.90. The third kappa shape index (κ3) is 5.46. The van der Waals surface area contributed by atoms with E-state index in [4.69, 9.17) is 0 Å². The number of nitrogens with zero attached hydrogens (tertiary/aromatic N) is 2. The number of carbonyl (C=O) groups is 1. The second-order valence-corrected chi connectivity index (χ2v) is 7.29. The molecule has 0 aliphatic rings. The van der Waals surface area contributed by atoms with Crippen molar-refractivity contribution < 1.29 is 13.2 Å². The Balaban J connectivity index is 2.05. The second-order valence-electron chi connectivity index (χ2n) is 5.31. The number of hydrogen-bond donors (Lipinski definition) is 1. The van der Waals surface area contributed by atoms with Gasteiger partial charge in [-0.05, 0) is 30.7 Å². The summed E-state index contributed by atoms with van der Waals surface area (Å²) < 4.78 is 24.9. The largest absolute Gasteiger partial charge is 0.325 e. The summed E-state index contributed by atoms with van der Waals surface area (Å²) in [5.41, 5.74) is 2.44. The maximum atomic E-state index is 12.1. The highest BCUT2D eigenvalue weighted by Gasteiger charge is 2.20. The van der Waals surface area contributed by atoms with Gasteiger partial charge in [0, 0.05) is 24.6 Å². The number of rotatable bonds is 6. The van der Waals surface area contributed by atoms with E-state index in [1.54, 1.807) is 36.7 Å². The molecule has 122 valence electrons. The van der Waals surface area contributed by atoms with Crippen molar-refractivity contribution in [3.63, 3.8) is 0 Å². The number of pyridine rings is 1. The molecule has 7 heteroatoms. The van der Waals surface area contributed by atoms with E-state index in [1.165, 1.54) is 0 Å². The molecule has 0 radical (unpaired) electrons. The lowest BCUT2D eigenvalue weighted by molar-refractivity contribution is -0.116. The Morgan fingerprint density at radius 3 is 2.48 bits per heavy atom. The van der Waals surface area contributed by atoms with Crippen LogP contribution in [0, 0.1) is 6.92 Å². The van der Waals surface area contributed by atoms with Crippen molar-refractivity contribution in [1.29, 1.82) is 0 Å². The molecule has 0 saturated carbocycles. The van der Waals surface area contributed by atoms with Crippen LogP contribution in [0.3, 0.4) is 0 Å². The molecule has 2 aromatic rings. The molecule has 0 aliphatic carbocycles. The molecule has 0 unspecified atom stereocenters. The van der Waals surface area contributed by atoms with E-state index in [1.807, 2.05) is 19.1 Å². The van der Waals surface area contributed by atoms with Gasteiger partial charge in [-0.3, -0.25) is 9.78 Å². The number of carbonyl (C=O) groups excluding carboxylic acids is 1. The van der Waals surface area contributed by atoms with Gasteiger partial charge in [0.1, 0.15) is 0 Å². The van der Waals surface area contributed by atoms with Gasteiger partial charge in [0.25, 0.3) is 0 Å². The number of sulfonamides is 1. The van der Waals surface area contributed by atoms with Crippen molar-refractivity contribution in [2.75, 3.05) is 18.1 Å². The number of amides is 1. The van der Waals surface area contributed by atoms with E-state index in [9.17, 15) is 13.2 Å². The van der Waals surface area contributed by atoms with Gasteiger partial charge in [-0.2, -0.15) is 4.31 Å². The Kier molecular flexibility index (Phi) is 5.46. The Morgan fingerprint density at radius 1 is 1.22 bits per heavy atom. The fourth-order valence-electron chi connectivity index (χ4n) is 1.98. The summed E-state index contributed by atoms with van der Waals surface area (Å²) in [5.74, 6) is -0.386. The number of nitrogens with one attached hydrogen (secondary N) is 1. The van der Waals surface area contributed by atoms with Gasteiger partial charge in [0.15, 0.2) is 0 Å². The van der Waals surface area contributed by atoms with E-state index in [-0.39, 0.29) is 19.0 Å². The van der Waals surface area contributed by atoms with Crippen molar-refractivity contribution in [3.05, 3.63) is 59.9 Å². The normalized spacial score (nSPS) is 11.4. The molecule has 1 amide bonds. The van der Waals surface area contributed by atoms with Crippen LogP contribution in [0.25, 0.3) is 0 Å². The predicted octanol–water partition coefficient (Wildman–Crippen LogP) is 1.79. The van der Waals surface area contributed by atoms with Crippen LogP contribution in [0.5, 0.6) is 0 Å². The quantitative estimate of drug-likeness (QED) is 0.874. The highest BCUT2D eigenvalue weighted by Crippen LogP contribution is 2.10. The Bertz CT molecular complexity index is 759. The lowest BCUT2D eigenvalue weighted by Gasteiger charge is -2.19. The second kappa shape index (κ2) is 7.34.